The highest BCUT2D eigenvalue weighted by atomic mass is 15.1. The van der Waals surface area contributed by atoms with Gasteiger partial charge in [0.1, 0.15) is 0 Å². The van der Waals surface area contributed by atoms with Crippen molar-refractivity contribution in [3.8, 4) is 0 Å². The largest absolute Gasteiger partial charge is 0.367 e. The second kappa shape index (κ2) is 5.83. The van der Waals surface area contributed by atoms with E-state index >= 15 is 0 Å². The molecule has 80 valence electrons. The molecule has 0 aliphatic rings. The fourth-order valence-corrected chi connectivity index (χ4v) is 1.41. The van der Waals surface area contributed by atoms with Gasteiger partial charge in [0.25, 0.3) is 0 Å². The number of aromatic nitrogens is 1. The van der Waals surface area contributed by atoms with Crippen molar-refractivity contribution in [1.29, 1.82) is 0 Å². The summed E-state index contributed by atoms with van der Waals surface area (Å²) < 4.78 is 0. The number of nitrogens with two attached hydrogens (primary N) is 1. The van der Waals surface area contributed by atoms with E-state index in [2.05, 4.69) is 29.9 Å². The molecule has 14 heavy (non-hydrogen) atoms. The molecule has 1 aromatic heterocycles. The van der Waals surface area contributed by atoms with Crippen LogP contribution in [-0.2, 0) is 6.54 Å². The maximum atomic E-state index is 5.57. The number of nitrogens with one attached hydrogen (secondary N) is 1. The normalized spacial score (nSPS) is 13.4. The van der Waals surface area contributed by atoms with Crippen molar-refractivity contribution in [1.82, 2.24) is 9.88 Å². The minimum Gasteiger partial charge on any atom is -0.367 e. The highest BCUT2D eigenvalue weighted by molar-refractivity contribution is 5.07. The van der Waals surface area contributed by atoms with Crippen LogP contribution in [0.15, 0.2) is 18.5 Å². The second-order valence-electron chi connectivity index (χ2n) is 4.09. The molecular weight excluding hydrogens is 174 g/mol. The summed E-state index contributed by atoms with van der Waals surface area (Å²) in [6.07, 6.45) is 5.19. The van der Waals surface area contributed by atoms with Gasteiger partial charge < -0.3 is 15.6 Å². The molecular formula is C11H21N3. The predicted molar refractivity (Wildman–Crippen MR) is 60.0 cm³/mol. The maximum absolute atomic E-state index is 5.57. The van der Waals surface area contributed by atoms with Crippen LogP contribution in [0, 0.1) is 5.92 Å². The summed E-state index contributed by atoms with van der Waals surface area (Å²) in [5.74, 6) is 0.628. The molecule has 0 aliphatic carbocycles. The van der Waals surface area contributed by atoms with Gasteiger partial charge in [-0.15, -0.1) is 0 Å². The molecule has 3 nitrogen and oxygen atoms in total. The van der Waals surface area contributed by atoms with Gasteiger partial charge in [-0.3, -0.25) is 0 Å². The second-order valence-corrected chi connectivity index (χ2v) is 4.09. The van der Waals surface area contributed by atoms with Gasteiger partial charge in [-0.2, -0.15) is 0 Å². The number of nitrogens with zero attached hydrogens (tertiary/aromatic N) is 1. The first-order chi connectivity index (χ1) is 6.72. The molecule has 1 aromatic rings. The molecule has 3 N–H and O–H groups in total. The molecule has 3 heteroatoms. The van der Waals surface area contributed by atoms with Gasteiger partial charge in [-0.1, -0.05) is 6.92 Å². The number of rotatable bonds is 6. The zero-order chi connectivity index (χ0) is 10.4. The van der Waals surface area contributed by atoms with E-state index in [1.54, 1.807) is 0 Å². The van der Waals surface area contributed by atoms with Crippen LogP contribution in [0.25, 0.3) is 0 Å². The van der Waals surface area contributed by atoms with Crippen LogP contribution in [0.4, 0.5) is 0 Å². The standard InChI is InChI=1S/C11H21N3/c1-10(7-12)4-6-14(2)9-11-3-5-13-8-11/h3,5,8,10,13H,4,6-7,9,12H2,1-2H3. The first kappa shape index (κ1) is 11.3. The molecule has 0 aliphatic heterocycles. The lowest BCUT2D eigenvalue weighted by Crippen LogP contribution is -2.22. The number of H-pyrrole nitrogens is 1. The molecule has 0 fully saturated rings. The minimum absolute atomic E-state index is 0.628. The zero-order valence-corrected chi connectivity index (χ0v) is 9.16. The summed E-state index contributed by atoms with van der Waals surface area (Å²) in [6.45, 7) is 5.12. The van der Waals surface area contributed by atoms with E-state index in [0.717, 1.165) is 19.6 Å². The van der Waals surface area contributed by atoms with Crippen LogP contribution in [0.2, 0.25) is 0 Å². The first-order valence-corrected chi connectivity index (χ1v) is 5.22. The number of hydrogen-bond acceptors (Lipinski definition) is 2. The van der Waals surface area contributed by atoms with Crippen molar-refractivity contribution in [2.24, 2.45) is 11.7 Å². The van der Waals surface area contributed by atoms with Crippen LogP contribution >= 0.6 is 0 Å². The zero-order valence-electron chi connectivity index (χ0n) is 9.16. The Labute approximate surface area is 86.3 Å². The van der Waals surface area contributed by atoms with Crippen LogP contribution in [0.5, 0.6) is 0 Å². The lowest BCUT2D eigenvalue weighted by molar-refractivity contribution is 0.300. The Balaban J connectivity index is 2.19. The maximum Gasteiger partial charge on any atom is 0.0245 e. The van der Waals surface area contributed by atoms with Gasteiger partial charge in [-0.25, -0.2) is 0 Å². The van der Waals surface area contributed by atoms with Crippen LogP contribution in [0.1, 0.15) is 18.9 Å². The topological polar surface area (TPSA) is 45.0 Å². The van der Waals surface area contributed by atoms with E-state index < -0.39 is 0 Å². The Morgan fingerprint density at radius 2 is 2.36 bits per heavy atom. The number of hydrogen-bond donors (Lipinski definition) is 2. The monoisotopic (exact) mass is 195 g/mol. The van der Waals surface area contributed by atoms with E-state index in [1.807, 2.05) is 12.4 Å². The summed E-state index contributed by atoms with van der Waals surface area (Å²) in [7, 11) is 2.15. The summed E-state index contributed by atoms with van der Waals surface area (Å²) >= 11 is 0. The van der Waals surface area contributed by atoms with Crippen LogP contribution in [0.3, 0.4) is 0 Å². The van der Waals surface area contributed by atoms with Crippen molar-refractivity contribution in [2.45, 2.75) is 19.9 Å². The first-order valence-electron chi connectivity index (χ1n) is 5.22. The third-order valence-electron chi connectivity index (χ3n) is 2.52. The molecule has 0 radical (unpaired) electrons. The van der Waals surface area contributed by atoms with E-state index in [1.165, 1.54) is 12.0 Å². The van der Waals surface area contributed by atoms with Gasteiger partial charge in [0, 0.05) is 18.9 Å². The lowest BCUT2D eigenvalue weighted by atomic mass is 10.1. The summed E-state index contributed by atoms with van der Waals surface area (Å²) in [5, 5.41) is 0. The molecule has 1 rings (SSSR count). The summed E-state index contributed by atoms with van der Waals surface area (Å²) in [6, 6.07) is 2.11. The van der Waals surface area contributed by atoms with Gasteiger partial charge in [0.15, 0.2) is 0 Å². The van der Waals surface area contributed by atoms with Gasteiger partial charge >= 0.3 is 0 Å². The highest BCUT2D eigenvalue weighted by Crippen LogP contribution is 2.05. The van der Waals surface area contributed by atoms with Crippen LogP contribution < -0.4 is 5.73 Å². The summed E-state index contributed by atoms with van der Waals surface area (Å²) in [5.41, 5.74) is 6.91. The highest BCUT2D eigenvalue weighted by Gasteiger charge is 2.03. The lowest BCUT2D eigenvalue weighted by Gasteiger charge is -2.17. The third-order valence-corrected chi connectivity index (χ3v) is 2.52. The predicted octanol–water partition coefficient (Wildman–Crippen LogP) is 1.43. The van der Waals surface area contributed by atoms with E-state index in [0.29, 0.717) is 5.92 Å². The Hall–Kier alpha value is -0.800. The van der Waals surface area contributed by atoms with Crippen molar-refractivity contribution in [2.75, 3.05) is 20.1 Å². The minimum atomic E-state index is 0.628. The van der Waals surface area contributed by atoms with Crippen LogP contribution in [-0.4, -0.2) is 30.0 Å². The van der Waals surface area contributed by atoms with Crippen molar-refractivity contribution in [3.05, 3.63) is 24.0 Å². The Morgan fingerprint density at radius 3 is 2.93 bits per heavy atom. The molecule has 0 aromatic carbocycles. The molecule has 1 unspecified atom stereocenters. The smallest absolute Gasteiger partial charge is 0.0245 e. The quantitative estimate of drug-likeness (QED) is 0.721. The molecule has 0 amide bonds. The number of aromatic amines is 1. The average Bonchev–Trinajstić information content (AvgIpc) is 2.66. The van der Waals surface area contributed by atoms with E-state index in [-0.39, 0.29) is 0 Å². The molecule has 1 heterocycles. The Bertz CT molecular complexity index is 231. The average molecular weight is 195 g/mol. The fourth-order valence-electron chi connectivity index (χ4n) is 1.41. The van der Waals surface area contributed by atoms with Gasteiger partial charge in [0.05, 0.1) is 0 Å². The molecule has 1 atom stereocenters. The third kappa shape index (κ3) is 3.94. The Kier molecular flexibility index (Phi) is 4.70. The Morgan fingerprint density at radius 1 is 1.57 bits per heavy atom. The van der Waals surface area contributed by atoms with Gasteiger partial charge in [-0.05, 0) is 44.1 Å². The molecule has 0 saturated heterocycles. The van der Waals surface area contributed by atoms with E-state index in [4.69, 9.17) is 5.73 Å². The fraction of sp³-hybridized carbons (Fsp3) is 0.636. The summed E-state index contributed by atoms with van der Waals surface area (Å²) in [4.78, 5) is 5.39. The van der Waals surface area contributed by atoms with Crippen molar-refractivity contribution in [3.63, 3.8) is 0 Å². The van der Waals surface area contributed by atoms with Gasteiger partial charge in [0.2, 0.25) is 0 Å². The van der Waals surface area contributed by atoms with E-state index in [9.17, 15) is 0 Å². The molecule has 0 saturated carbocycles. The van der Waals surface area contributed by atoms with Crippen molar-refractivity contribution < 1.29 is 0 Å². The molecule has 0 bridgehead atoms. The van der Waals surface area contributed by atoms with Crippen molar-refractivity contribution >= 4 is 0 Å². The SMILES string of the molecule is CC(CN)CCN(C)Cc1cc[nH]c1. The molecule has 0 spiro atoms.